The highest BCUT2D eigenvalue weighted by atomic mass is 16.5. The van der Waals surface area contributed by atoms with E-state index in [1.807, 2.05) is 49.4 Å². The minimum Gasteiger partial charge on any atom is -0.486 e. The van der Waals surface area contributed by atoms with Gasteiger partial charge in [0.05, 0.1) is 0 Å². The van der Waals surface area contributed by atoms with E-state index in [2.05, 4.69) is 19.1 Å². The molecule has 0 spiro atoms. The summed E-state index contributed by atoms with van der Waals surface area (Å²) in [6, 6.07) is 18.2. The van der Waals surface area contributed by atoms with Crippen molar-refractivity contribution in [2.24, 2.45) is 5.73 Å². The van der Waals surface area contributed by atoms with E-state index in [-0.39, 0.29) is 12.1 Å². The standard InChI is InChI=1S/C16H19NO/c1-12(17)14-8-10-16(11-9-14)18-13(2)15-6-4-3-5-7-15/h3-13H,17H2,1-2H3/t12-,13+/m0/s1. The maximum absolute atomic E-state index is 5.89. The fourth-order valence-electron chi connectivity index (χ4n) is 1.85. The van der Waals surface area contributed by atoms with E-state index in [9.17, 15) is 0 Å². The van der Waals surface area contributed by atoms with Crippen LogP contribution in [0.3, 0.4) is 0 Å². The molecule has 0 bridgehead atoms. The van der Waals surface area contributed by atoms with Crippen LogP contribution in [0.2, 0.25) is 0 Å². The quantitative estimate of drug-likeness (QED) is 0.882. The van der Waals surface area contributed by atoms with Gasteiger partial charge in [-0.1, -0.05) is 42.5 Å². The maximum atomic E-state index is 5.89. The Hall–Kier alpha value is -1.80. The van der Waals surface area contributed by atoms with Crippen LogP contribution >= 0.6 is 0 Å². The minimum atomic E-state index is 0.0485. The van der Waals surface area contributed by atoms with Crippen LogP contribution in [0.15, 0.2) is 54.6 Å². The summed E-state index contributed by atoms with van der Waals surface area (Å²) in [5, 5.41) is 0. The first-order valence-corrected chi connectivity index (χ1v) is 6.24. The van der Waals surface area contributed by atoms with Gasteiger partial charge in [0.2, 0.25) is 0 Å². The molecule has 0 unspecified atom stereocenters. The van der Waals surface area contributed by atoms with Crippen molar-refractivity contribution in [1.82, 2.24) is 0 Å². The van der Waals surface area contributed by atoms with Gasteiger partial charge in [0.1, 0.15) is 11.9 Å². The Kier molecular flexibility index (Phi) is 4.00. The highest BCUT2D eigenvalue weighted by molar-refractivity contribution is 5.29. The van der Waals surface area contributed by atoms with Crippen LogP contribution in [0.1, 0.15) is 37.1 Å². The largest absolute Gasteiger partial charge is 0.486 e. The lowest BCUT2D eigenvalue weighted by atomic mass is 10.1. The molecule has 0 aliphatic heterocycles. The predicted molar refractivity (Wildman–Crippen MR) is 74.5 cm³/mol. The molecule has 0 aliphatic rings. The molecule has 0 fully saturated rings. The fraction of sp³-hybridized carbons (Fsp3) is 0.250. The molecule has 0 radical (unpaired) electrons. The second-order valence-corrected chi connectivity index (χ2v) is 4.53. The number of hydrogen-bond donors (Lipinski definition) is 1. The Morgan fingerprint density at radius 1 is 0.833 bits per heavy atom. The zero-order valence-electron chi connectivity index (χ0n) is 10.8. The third-order valence-corrected chi connectivity index (χ3v) is 2.99. The van der Waals surface area contributed by atoms with Crippen LogP contribution in [0.4, 0.5) is 0 Å². The first-order valence-electron chi connectivity index (χ1n) is 6.24. The molecule has 2 aromatic carbocycles. The van der Waals surface area contributed by atoms with Gasteiger partial charge in [-0.05, 0) is 37.1 Å². The first kappa shape index (κ1) is 12.7. The number of benzene rings is 2. The lowest BCUT2D eigenvalue weighted by molar-refractivity contribution is 0.227. The molecule has 2 atom stereocenters. The van der Waals surface area contributed by atoms with Gasteiger partial charge in [0, 0.05) is 6.04 Å². The van der Waals surface area contributed by atoms with Crippen LogP contribution in [0.5, 0.6) is 5.75 Å². The summed E-state index contributed by atoms with van der Waals surface area (Å²) in [5.41, 5.74) is 8.11. The molecule has 0 amide bonds. The molecule has 2 aromatic rings. The lowest BCUT2D eigenvalue weighted by Gasteiger charge is -2.15. The molecule has 18 heavy (non-hydrogen) atoms. The highest BCUT2D eigenvalue weighted by Gasteiger charge is 2.06. The van der Waals surface area contributed by atoms with Gasteiger partial charge in [0.15, 0.2) is 0 Å². The smallest absolute Gasteiger partial charge is 0.121 e. The average Bonchev–Trinajstić information content (AvgIpc) is 2.40. The van der Waals surface area contributed by atoms with Gasteiger partial charge < -0.3 is 10.5 Å². The van der Waals surface area contributed by atoms with Gasteiger partial charge in [-0.25, -0.2) is 0 Å². The van der Waals surface area contributed by atoms with Crippen molar-refractivity contribution in [1.29, 1.82) is 0 Å². The molecule has 0 aromatic heterocycles. The van der Waals surface area contributed by atoms with Crippen LogP contribution in [0, 0.1) is 0 Å². The van der Waals surface area contributed by atoms with Crippen LogP contribution in [-0.4, -0.2) is 0 Å². The molecular formula is C16H19NO. The third kappa shape index (κ3) is 3.11. The van der Waals surface area contributed by atoms with E-state index in [0.29, 0.717) is 0 Å². The second kappa shape index (κ2) is 5.69. The predicted octanol–water partition coefficient (Wildman–Crippen LogP) is 3.85. The van der Waals surface area contributed by atoms with Crippen molar-refractivity contribution >= 4 is 0 Å². The second-order valence-electron chi connectivity index (χ2n) is 4.53. The molecule has 2 heteroatoms. The lowest BCUT2D eigenvalue weighted by Crippen LogP contribution is -2.05. The maximum Gasteiger partial charge on any atom is 0.121 e. The van der Waals surface area contributed by atoms with Gasteiger partial charge in [-0.15, -0.1) is 0 Å². The Labute approximate surface area is 108 Å². The van der Waals surface area contributed by atoms with E-state index in [1.54, 1.807) is 0 Å². The SMILES string of the molecule is C[C@H](N)c1ccc(O[C@H](C)c2ccccc2)cc1. The van der Waals surface area contributed by atoms with Crippen molar-refractivity contribution in [3.05, 3.63) is 65.7 Å². The van der Waals surface area contributed by atoms with E-state index >= 15 is 0 Å². The summed E-state index contributed by atoms with van der Waals surface area (Å²) in [6.07, 6.45) is 0.0485. The molecule has 2 nitrogen and oxygen atoms in total. The van der Waals surface area contributed by atoms with Gasteiger partial charge in [0.25, 0.3) is 0 Å². The summed E-state index contributed by atoms with van der Waals surface area (Å²) in [4.78, 5) is 0. The summed E-state index contributed by atoms with van der Waals surface area (Å²) in [6.45, 7) is 4.03. The number of ether oxygens (including phenoxy) is 1. The molecule has 94 valence electrons. The number of nitrogens with two attached hydrogens (primary N) is 1. The normalized spacial score (nSPS) is 13.9. The number of hydrogen-bond acceptors (Lipinski definition) is 2. The molecular weight excluding hydrogens is 222 g/mol. The van der Waals surface area contributed by atoms with Gasteiger partial charge >= 0.3 is 0 Å². The van der Waals surface area contributed by atoms with Crippen LogP contribution in [-0.2, 0) is 0 Å². The Balaban J connectivity index is 2.05. The molecule has 0 saturated carbocycles. The molecule has 0 saturated heterocycles. The summed E-state index contributed by atoms with van der Waals surface area (Å²) < 4.78 is 5.89. The molecule has 0 aliphatic carbocycles. The van der Waals surface area contributed by atoms with Crippen molar-refractivity contribution < 1.29 is 4.74 Å². The van der Waals surface area contributed by atoms with Gasteiger partial charge in [-0.2, -0.15) is 0 Å². The summed E-state index contributed by atoms with van der Waals surface area (Å²) in [7, 11) is 0. The van der Waals surface area contributed by atoms with Crippen molar-refractivity contribution in [2.45, 2.75) is 26.0 Å². The van der Waals surface area contributed by atoms with E-state index < -0.39 is 0 Å². The van der Waals surface area contributed by atoms with E-state index in [4.69, 9.17) is 10.5 Å². The van der Waals surface area contributed by atoms with Crippen LogP contribution in [0.25, 0.3) is 0 Å². The Morgan fingerprint density at radius 2 is 1.44 bits per heavy atom. The van der Waals surface area contributed by atoms with Crippen molar-refractivity contribution in [3.63, 3.8) is 0 Å². The number of rotatable bonds is 4. The molecule has 2 N–H and O–H groups in total. The zero-order valence-corrected chi connectivity index (χ0v) is 10.8. The first-order chi connectivity index (χ1) is 8.66. The highest BCUT2D eigenvalue weighted by Crippen LogP contribution is 2.22. The summed E-state index contributed by atoms with van der Waals surface area (Å²) in [5.74, 6) is 0.871. The van der Waals surface area contributed by atoms with Crippen molar-refractivity contribution in [2.75, 3.05) is 0 Å². The van der Waals surface area contributed by atoms with E-state index in [1.165, 1.54) is 5.56 Å². The Morgan fingerprint density at radius 3 is 2.00 bits per heavy atom. The minimum absolute atomic E-state index is 0.0485. The van der Waals surface area contributed by atoms with E-state index in [0.717, 1.165) is 11.3 Å². The fourth-order valence-corrected chi connectivity index (χ4v) is 1.85. The molecule has 0 heterocycles. The molecule has 2 rings (SSSR count). The average molecular weight is 241 g/mol. The monoisotopic (exact) mass is 241 g/mol. The van der Waals surface area contributed by atoms with Gasteiger partial charge in [-0.3, -0.25) is 0 Å². The summed E-state index contributed by atoms with van der Waals surface area (Å²) >= 11 is 0. The zero-order chi connectivity index (χ0) is 13.0. The van der Waals surface area contributed by atoms with Crippen LogP contribution < -0.4 is 10.5 Å². The third-order valence-electron chi connectivity index (χ3n) is 2.99. The van der Waals surface area contributed by atoms with Crippen molar-refractivity contribution in [3.8, 4) is 5.75 Å². The Bertz CT molecular complexity index is 476. The topological polar surface area (TPSA) is 35.2 Å².